The van der Waals surface area contributed by atoms with E-state index >= 15 is 0 Å². The van der Waals surface area contributed by atoms with Crippen molar-refractivity contribution in [3.05, 3.63) is 0 Å². The second-order valence-electron chi connectivity index (χ2n) is 8.60. The Kier molecular flexibility index (Phi) is 16.2. The lowest BCUT2D eigenvalue weighted by atomic mass is 9.98. The molecule has 13 heteroatoms. The van der Waals surface area contributed by atoms with Gasteiger partial charge in [0.15, 0.2) is 0 Å². The SMILES string of the molecule is CCC(C)C(N)C(=O)NC(CCCCN)C(=O)NC(CCCCN)C(=O)NC(CC(=O)O)C(=O)O. The fourth-order valence-corrected chi connectivity index (χ4v) is 3.22. The number of hydrogen-bond acceptors (Lipinski definition) is 8. The van der Waals surface area contributed by atoms with Crippen molar-refractivity contribution in [2.45, 2.75) is 89.4 Å². The van der Waals surface area contributed by atoms with E-state index in [1.807, 2.05) is 13.8 Å². The molecule has 0 spiro atoms. The lowest BCUT2D eigenvalue weighted by molar-refractivity contribution is -0.147. The molecule has 0 aliphatic heterocycles. The minimum atomic E-state index is -1.66. The van der Waals surface area contributed by atoms with E-state index < -0.39 is 60.2 Å². The van der Waals surface area contributed by atoms with Crippen molar-refractivity contribution in [3.8, 4) is 0 Å². The highest BCUT2D eigenvalue weighted by Crippen LogP contribution is 2.09. The van der Waals surface area contributed by atoms with E-state index in [1.165, 1.54) is 0 Å². The first-order chi connectivity index (χ1) is 16.5. The molecular weight excluding hydrogens is 460 g/mol. The van der Waals surface area contributed by atoms with Crippen molar-refractivity contribution in [3.63, 3.8) is 0 Å². The van der Waals surface area contributed by atoms with Crippen LogP contribution in [0.2, 0.25) is 0 Å². The number of carboxylic acid groups (broad SMARTS) is 2. The number of unbranched alkanes of at least 4 members (excludes halogenated alkanes) is 2. The first-order valence-electron chi connectivity index (χ1n) is 12.0. The Balaban J connectivity index is 5.57. The zero-order valence-corrected chi connectivity index (χ0v) is 20.6. The minimum Gasteiger partial charge on any atom is -0.481 e. The van der Waals surface area contributed by atoms with Crippen LogP contribution in [-0.2, 0) is 24.0 Å². The predicted molar refractivity (Wildman–Crippen MR) is 129 cm³/mol. The molecule has 0 saturated carbocycles. The maximum atomic E-state index is 13.1. The molecular formula is C22H42N6O7. The molecule has 13 nitrogen and oxygen atoms in total. The van der Waals surface area contributed by atoms with E-state index in [9.17, 15) is 29.1 Å². The van der Waals surface area contributed by atoms with Crippen LogP contribution >= 0.6 is 0 Å². The van der Waals surface area contributed by atoms with Crippen molar-refractivity contribution >= 4 is 29.7 Å². The molecule has 202 valence electrons. The van der Waals surface area contributed by atoms with Gasteiger partial charge in [0, 0.05) is 0 Å². The quantitative estimate of drug-likeness (QED) is 0.0963. The normalized spacial score (nSPS) is 15.2. The molecule has 0 heterocycles. The Bertz CT molecular complexity index is 706. The van der Waals surface area contributed by atoms with Gasteiger partial charge in [-0.3, -0.25) is 19.2 Å². The molecule has 5 unspecified atom stereocenters. The number of hydrogen-bond donors (Lipinski definition) is 8. The molecule has 0 saturated heterocycles. The van der Waals surface area contributed by atoms with Gasteiger partial charge in [0.05, 0.1) is 12.5 Å². The number of carbonyl (C=O) groups is 5. The molecule has 0 aromatic heterocycles. The van der Waals surface area contributed by atoms with Gasteiger partial charge in [-0.25, -0.2) is 4.79 Å². The summed E-state index contributed by atoms with van der Waals surface area (Å²) < 4.78 is 0. The van der Waals surface area contributed by atoms with Crippen LogP contribution in [0.3, 0.4) is 0 Å². The van der Waals surface area contributed by atoms with Crippen LogP contribution in [0.15, 0.2) is 0 Å². The van der Waals surface area contributed by atoms with Crippen molar-refractivity contribution < 1.29 is 34.2 Å². The van der Waals surface area contributed by atoms with Gasteiger partial charge >= 0.3 is 11.9 Å². The molecule has 0 aromatic carbocycles. The van der Waals surface area contributed by atoms with Gasteiger partial charge in [-0.2, -0.15) is 0 Å². The third-order valence-corrected chi connectivity index (χ3v) is 5.71. The molecule has 0 bridgehead atoms. The smallest absolute Gasteiger partial charge is 0.326 e. The van der Waals surface area contributed by atoms with Crippen LogP contribution < -0.4 is 33.2 Å². The molecule has 35 heavy (non-hydrogen) atoms. The lowest BCUT2D eigenvalue weighted by Gasteiger charge is -2.26. The molecule has 0 aliphatic rings. The van der Waals surface area contributed by atoms with Crippen LogP contribution in [0.1, 0.15) is 65.2 Å². The summed E-state index contributed by atoms with van der Waals surface area (Å²) >= 11 is 0. The van der Waals surface area contributed by atoms with E-state index in [1.54, 1.807) is 0 Å². The summed E-state index contributed by atoms with van der Waals surface area (Å²) in [5, 5.41) is 25.5. The van der Waals surface area contributed by atoms with Crippen molar-refractivity contribution in [2.24, 2.45) is 23.1 Å². The monoisotopic (exact) mass is 502 g/mol. The van der Waals surface area contributed by atoms with Crippen LogP contribution in [-0.4, -0.2) is 77.1 Å². The minimum absolute atomic E-state index is 0.111. The second kappa shape index (κ2) is 17.6. The zero-order chi connectivity index (χ0) is 27.0. The standard InChI is InChI=1S/C22H42N6O7/c1-3-13(2)18(25)21(33)27-15(9-5-7-11-24)19(31)26-14(8-4-6-10-23)20(32)28-16(22(34)35)12-17(29)30/h13-16,18H,3-12,23-25H2,1-2H3,(H,26,31)(H,27,33)(H,28,32)(H,29,30)(H,34,35). The van der Waals surface area contributed by atoms with E-state index in [4.69, 9.17) is 22.3 Å². The van der Waals surface area contributed by atoms with Gasteiger partial charge in [0.2, 0.25) is 17.7 Å². The average Bonchev–Trinajstić information content (AvgIpc) is 2.80. The fourth-order valence-electron chi connectivity index (χ4n) is 3.22. The molecule has 5 atom stereocenters. The van der Waals surface area contributed by atoms with E-state index in [0.29, 0.717) is 45.2 Å². The molecule has 0 aromatic rings. The highest BCUT2D eigenvalue weighted by Gasteiger charge is 2.31. The first kappa shape index (κ1) is 32.2. The van der Waals surface area contributed by atoms with Gasteiger partial charge in [-0.1, -0.05) is 20.3 Å². The lowest BCUT2D eigenvalue weighted by Crippen LogP contribution is -2.57. The number of rotatable bonds is 19. The largest absolute Gasteiger partial charge is 0.481 e. The number of nitrogens with two attached hydrogens (primary N) is 3. The fraction of sp³-hybridized carbons (Fsp3) is 0.773. The summed E-state index contributed by atoms with van der Waals surface area (Å²) in [5.74, 6) is -5.00. The predicted octanol–water partition coefficient (Wildman–Crippen LogP) is -1.37. The molecule has 0 radical (unpaired) electrons. The maximum absolute atomic E-state index is 13.1. The van der Waals surface area contributed by atoms with Crippen molar-refractivity contribution in [2.75, 3.05) is 13.1 Å². The van der Waals surface area contributed by atoms with Gasteiger partial charge in [0.25, 0.3) is 0 Å². The highest BCUT2D eigenvalue weighted by molar-refractivity contribution is 5.94. The van der Waals surface area contributed by atoms with Crippen LogP contribution in [0.4, 0.5) is 0 Å². The Morgan fingerprint density at radius 2 is 1.17 bits per heavy atom. The Hall–Kier alpha value is -2.77. The summed E-state index contributed by atoms with van der Waals surface area (Å²) in [6.07, 6.45) is 2.41. The van der Waals surface area contributed by atoms with E-state index in [-0.39, 0.29) is 18.8 Å². The topological polar surface area (TPSA) is 240 Å². The third-order valence-electron chi connectivity index (χ3n) is 5.71. The summed E-state index contributed by atoms with van der Waals surface area (Å²) in [6.45, 7) is 4.47. The molecule has 3 amide bonds. The van der Waals surface area contributed by atoms with E-state index in [0.717, 1.165) is 0 Å². The Morgan fingerprint density at radius 1 is 0.743 bits per heavy atom. The maximum Gasteiger partial charge on any atom is 0.326 e. The van der Waals surface area contributed by atoms with Gasteiger partial charge in [-0.15, -0.1) is 0 Å². The Labute approximate surface area is 205 Å². The number of carbonyl (C=O) groups excluding carboxylic acids is 3. The van der Waals surface area contributed by atoms with Crippen molar-refractivity contribution in [1.82, 2.24) is 16.0 Å². The number of aliphatic carboxylic acids is 2. The van der Waals surface area contributed by atoms with Gasteiger partial charge in [0.1, 0.15) is 18.1 Å². The first-order valence-corrected chi connectivity index (χ1v) is 12.0. The Morgan fingerprint density at radius 3 is 1.54 bits per heavy atom. The summed E-state index contributed by atoms with van der Waals surface area (Å²) in [7, 11) is 0. The van der Waals surface area contributed by atoms with Gasteiger partial charge in [-0.05, 0) is 57.5 Å². The molecule has 0 aliphatic carbocycles. The summed E-state index contributed by atoms with van der Waals surface area (Å²) in [6, 6.07) is -4.62. The van der Waals surface area contributed by atoms with Crippen LogP contribution in [0.25, 0.3) is 0 Å². The number of carboxylic acids is 2. The number of nitrogens with one attached hydrogen (secondary N) is 3. The molecule has 11 N–H and O–H groups in total. The van der Waals surface area contributed by atoms with E-state index in [2.05, 4.69) is 16.0 Å². The van der Waals surface area contributed by atoms with Crippen molar-refractivity contribution in [1.29, 1.82) is 0 Å². The summed E-state index contributed by atoms with van der Waals surface area (Å²) in [5.41, 5.74) is 17.0. The van der Waals surface area contributed by atoms with Gasteiger partial charge < -0.3 is 43.4 Å². The highest BCUT2D eigenvalue weighted by atomic mass is 16.4. The third kappa shape index (κ3) is 13.0. The average molecular weight is 503 g/mol. The van der Waals surface area contributed by atoms with Crippen LogP contribution in [0.5, 0.6) is 0 Å². The summed E-state index contributed by atoms with van der Waals surface area (Å²) in [4.78, 5) is 60.7. The molecule has 0 fully saturated rings. The zero-order valence-electron chi connectivity index (χ0n) is 20.6. The molecule has 0 rings (SSSR count). The van der Waals surface area contributed by atoms with Crippen LogP contribution in [0, 0.1) is 5.92 Å². The second-order valence-corrected chi connectivity index (χ2v) is 8.60. The number of amides is 3.